The Labute approximate surface area is 164 Å². The van der Waals surface area contributed by atoms with E-state index >= 15 is 0 Å². The Morgan fingerprint density at radius 3 is 2.44 bits per heavy atom. The number of aryl methyl sites for hydroxylation is 1. The van der Waals surface area contributed by atoms with Gasteiger partial charge in [0, 0.05) is 35.7 Å². The van der Waals surface area contributed by atoms with E-state index in [1.807, 2.05) is 48.2 Å². The zero-order valence-corrected chi connectivity index (χ0v) is 16.3. The second-order valence-corrected chi connectivity index (χ2v) is 7.13. The van der Waals surface area contributed by atoms with Crippen LogP contribution in [0.4, 0.5) is 5.69 Å². The number of benzene rings is 2. The highest BCUT2D eigenvalue weighted by atomic mass is 35.5. The summed E-state index contributed by atoms with van der Waals surface area (Å²) in [5.74, 6) is 0.368. The van der Waals surface area contributed by atoms with Crippen molar-refractivity contribution in [3.63, 3.8) is 0 Å². The quantitative estimate of drug-likeness (QED) is 0.858. The van der Waals surface area contributed by atoms with Crippen LogP contribution in [0.2, 0.25) is 5.02 Å². The number of halogens is 1. The monoisotopic (exact) mass is 386 g/mol. The lowest BCUT2D eigenvalue weighted by atomic mass is 9.95. The highest BCUT2D eigenvalue weighted by Gasteiger charge is 2.28. The Balaban J connectivity index is 1.61. The second kappa shape index (κ2) is 8.44. The smallest absolute Gasteiger partial charge is 0.253 e. The van der Waals surface area contributed by atoms with Crippen molar-refractivity contribution in [1.82, 2.24) is 4.90 Å². The summed E-state index contributed by atoms with van der Waals surface area (Å²) in [5.41, 5.74) is 2.17. The van der Waals surface area contributed by atoms with Gasteiger partial charge in [0.1, 0.15) is 5.75 Å². The Bertz CT molecular complexity index is 831. The van der Waals surface area contributed by atoms with Gasteiger partial charge in [-0.25, -0.2) is 0 Å². The van der Waals surface area contributed by atoms with E-state index in [-0.39, 0.29) is 17.7 Å². The molecule has 3 rings (SSSR count). The number of nitrogens with one attached hydrogen (secondary N) is 1. The number of piperidine rings is 1. The van der Waals surface area contributed by atoms with E-state index in [1.165, 1.54) is 0 Å². The zero-order chi connectivity index (χ0) is 19.4. The Hall–Kier alpha value is -2.53. The minimum atomic E-state index is -0.134. The summed E-state index contributed by atoms with van der Waals surface area (Å²) < 4.78 is 5.31. The fraction of sp³-hybridized carbons (Fsp3) is 0.333. The molecule has 0 spiro atoms. The lowest BCUT2D eigenvalue weighted by Crippen LogP contribution is -2.41. The third kappa shape index (κ3) is 4.42. The van der Waals surface area contributed by atoms with Crippen molar-refractivity contribution < 1.29 is 14.3 Å². The van der Waals surface area contributed by atoms with Gasteiger partial charge in [0.2, 0.25) is 5.91 Å². The maximum Gasteiger partial charge on any atom is 0.253 e. The van der Waals surface area contributed by atoms with Gasteiger partial charge in [0.25, 0.3) is 5.91 Å². The first-order valence-electron chi connectivity index (χ1n) is 8.99. The number of carbonyl (C=O) groups is 2. The van der Waals surface area contributed by atoms with Crippen molar-refractivity contribution >= 4 is 29.1 Å². The van der Waals surface area contributed by atoms with E-state index in [9.17, 15) is 9.59 Å². The first-order chi connectivity index (χ1) is 13.0. The van der Waals surface area contributed by atoms with Crippen LogP contribution >= 0.6 is 11.6 Å². The largest absolute Gasteiger partial charge is 0.495 e. The number of rotatable bonds is 4. The number of carbonyl (C=O) groups excluding carboxylic acids is 2. The molecule has 1 aliphatic heterocycles. The standard InChI is InChI=1S/C21H23ClN2O3/c1-14-12-18(19(27-2)13-17(14)22)23-20(25)15-8-10-24(11-9-15)21(26)16-6-4-3-5-7-16/h3-7,12-13,15H,8-11H2,1-2H3,(H,23,25). The lowest BCUT2D eigenvalue weighted by Gasteiger charge is -2.31. The molecule has 1 aliphatic rings. The van der Waals surface area contributed by atoms with Gasteiger partial charge in [0.15, 0.2) is 0 Å². The number of anilines is 1. The Morgan fingerprint density at radius 2 is 1.81 bits per heavy atom. The summed E-state index contributed by atoms with van der Waals surface area (Å²) in [5, 5.41) is 3.54. The fourth-order valence-electron chi connectivity index (χ4n) is 3.27. The van der Waals surface area contributed by atoms with Crippen molar-refractivity contribution in [2.75, 3.05) is 25.5 Å². The van der Waals surface area contributed by atoms with E-state index in [1.54, 1.807) is 13.2 Å². The van der Waals surface area contributed by atoms with Gasteiger partial charge < -0.3 is 15.0 Å². The summed E-state index contributed by atoms with van der Waals surface area (Å²) in [6.07, 6.45) is 1.28. The van der Waals surface area contributed by atoms with Crippen LogP contribution in [0.15, 0.2) is 42.5 Å². The molecule has 142 valence electrons. The predicted octanol–water partition coefficient (Wildman–Crippen LogP) is 4.15. The number of hydrogen-bond donors (Lipinski definition) is 1. The summed E-state index contributed by atoms with van der Waals surface area (Å²) >= 11 is 6.12. The molecule has 2 amide bonds. The van der Waals surface area contributed by atoms with E-state index in [0.29, 0.717) is 48.0 Å². The van der Waals surface area contributed by atoms with Crippen LogP contribution in [0.5, 0.6) is 5.75 Å². The molecular weight excluding hydrogens is 364 g/mol. The SMILES string of the molecule is COc1cc(Cl)c(C)cc1NC(=O)C1CCN(C(=O)c2ccccc2)CC1. The Morgan fingerprint density at radius 1 is 1.15 bits per heavy atom. The molecule has 0 atom stereocenters. The van der Waals surface area contributed by atoms with E-state index in [0.717, 1.165) is 5.56 Å². The van der Waals surface area contributed by atoms with Crippen LogP contribution in [-0.4, -0.2) is 36.9 Å². The number of amides is 2. The topological polar surface area (TPSA) is 58.6 Å². The average molecular weight is 387 g/mol. The normalized spacial score (nSPS) is 14.7. The molecule has 0 radical (unpaired) electrons. The molecule has 1 fully saturated rings. The summed E-state index contributed by atoms with van der Waals surface area (Å²) in [6.45, 7) is 3.02. The molecule has 0 unspecified atom stereocenters. The van der Waals surface area contributed by atoms with Crippen molar-refractivity contribution in [2.24, 2.45) is 5.92 Å². The molecule has 1 saturated heterocycles. The molecule has 5 nitrogen and oxygen atoms in total. The van der Waals surface area contributed by atoms with Crippen LogP contribution in [-0.2, 0) is 4.79 Å². The van der Waals surface area contributed by atoms with Crippen molar-refractivity contribution in [3.05, 3.63) is 58.6 Å². The first kappa shape index (κ1) is 19.2. The highest BCUT2D eigenvalue weighted by Crippen LogP contribution is 2.32. The molecule has 0 aromatic heterocycles. The predicted molar refractivity (Wildman–Crippen MR) is 106 cm³/mol. The van der Waals surface area contributed by atoms with E-state index in [2.05, 4.69) is 5.32 Å². The van der Waals surface area contributed by atoms with E-state index < -0.39 is 0 Å². The summed E-state index contributed by atoms with van der Waals surface area (Å²) in [6, 6.07) is 12.7. The van der Waals surface area contributed by atoms with Crippen LogP contribution in [0.1, 0.15) is 28.8 Å². The average Bonchev–Trinajstić information content (AvgIpc) is 2.70. The van der Waals surface area contributed by atoms with Crippen molar-refractivity contribution in [2.45, 2.75) is 19.8 Å². The fourth-order valence-corrected chi connectivity index (χ4v) is 3.43. The number of likely N-dealkylation sites (tertiary alicyclic amines) is 1. The van der Waals surface area contributed by atoms with Crippen LogP contribution < -0.4 is 10.1 Å². The summed E-state index contributed by atoms with van der Waals surface area (Å²) in [7, 11) is 1.55. The highest BCUT2D eigenvalue weighted by molar-refractivity contribution is 6.31. The molecule has 1 heterocycles. The molecule has 0 bridgehead atoms. The van der Waals surface area contributed by atoms with Crippen LogP contribution in [0, 0.1) is 12.8 Å². The molecule has 27 heavy (non-hydrogen) atoms. The molecule has 1 N–H and O–H groups in total. The lowest BCUT2D eigenvalue weighted by molar-refractivity contribution is -0.121. The van der Waals surface area contributed by atoms with Crippen LogP contribution in [0.25, 0.3) is 0 Å². The molecular formula is C21H23ClN2O3. The maximum absolute atomic E-state index is 12.7. The molecule has 2 aromatic carbocycles. The van der Waals surface area contributed by atoms with Gasteiger partial charge in [-0.2, -0.15) is 0 Å². The van der Waals surface area contributed by atoms with Gasteiger partial charge in [-0.05, 0) is 43.5 Å². The van der Waals surface area contributed by atoms with Crippen molar-refractivity contribution in [1.29, 1.82) is 0 Å². The minimum Gasteiger partial charge on any atom is -0.495 e. The number of nitrogens with zero attached hydrogens (tertiary/aromatic N) is 1. The van der Waals surface area contributed by atoms with Gasteiger partial charge >= 0.3 is 0 Å². The number of hydrogen-bond acceptors (Lipinski definition) is 3. The molecule has 0 aliphatic carbocycles. The second-order valence-electron chi connectivity index (χ2n) is 6.72. The minimum absolute atomic E-state index is 0.0180. The van der Waals surface area contributed by atoms with Gasteiger partial charge in [0.05, 0.1) is 12.8 Å². The third-order valence-electron chi connectivity index (χ3n) is 4.91. The number of ether oxygens (including phenoxy) is 1. The zero-order valence-electron chi connectivity index (χ0n) is 15.5. The maximum atomic E-state index is 12.7. The summed E-state index contributed by atoms with van der Waals surface area (Å²) in [4.78, 5) is 27.0. The molecule has 2 aromatic rings. The first-order valence-corrected chi connectivity index (χ1v) is 9.36. The third-order valence-corrected chi connectivity index (χ3v) is 5.32. The number of methoxy groups -OCH3 is 1. The molecule has 6 heteroatoms. The van der Waals surface area contributed by atoms with Crippen molar-refractivity contribution in [3.8, 4) is 5.75 Å². The van der Waals surface area contributed by atoms with Gasteiger partial charge in [-0.3, -0.25) is 9.59 Å². The van der Waals surface area contributed by atoms with E-state index in [4.69, 9.17) is 16.3 Å². The van der Waals surface area contributed by atoms with Gasteiger partial charge in [-0.15, -0.1) is 0 Å². The Kier molecular flexibility index (Phi) is 6.01. The molecule has 0 saturated carbocycles. The van der Waals surface area contributed by atoms with Crippen LogP contribution in [0.3, 0.4) is 0 Å². The van der Waals surface area contributed by atoms with Gasteiger partial charge in [-0.1, -0.05) is 29.8 Å².